The minimum atomic E-state index is -0.644. The number of hydrogen-bond acceptors (Lipinski definition) is 5. The number of H-pyrrole nitrogens is 1. The van der Waals surface area contributed by atoms with Gasteiger partial charge in [0.25, 0.3) is 6.17 Å². The Balaban J connectivity index is 2.03. The zero-order valence-corrected chi connectivity index (χ0v) is 18.6. The van der Waals surface area contributed by atoms with Gasteiger partial charge in [-0.1, -0.05) is 49.9 Å². The van der Waals surface area contributed by atoms with Crippen molar-refractivity contribution in [3.63, 3.8) is 0 Å². The van der Waals surface area contributed by atoms with E-state index in [-0.39, 0.29) is 11.5 Å². The van der Waals surface area contributed by atoms with Gasteiger partial charge in [-0.05, 0) is 41.1 Å². The van der Waals surface area contributed by atoms with Crippen LogP contribution in [0.25, 0.3) is 11.3 Å². The molecule has 0 saturated heterocycles. The lowest BCUT2D eigenvalue weighted by Gasteiger charge is -2.32. The molecule has 160 valence electrons. The molecule has 0 radical (unpaired) electrons. The van der Waals surface area contributed by atoms with Crippen LogP contribution in [-0.4, -0.2) is 28.3 Å². The molecule has 1 atom stereocenters. The highest BCUT2D eigenvalue weighted by Crippen LogP contribution is 2.39. The predicted octanol–water partition coefficient (Wildman–Crippen LogP) is 3.54. The largest absolute Gasteiger partial charge is 0.493 e. The van der Waals surface area contributed by atoms with Crippen LogP contribution < -0.4 is 19.9 Å². The van der Waals surface area contributed by atoms with Gasteiger partial charge >= 0.3 is 11.3 Å². The first-order chi connectivity index (χ1) is 15.1. The lowest BCUT2D eigenvalue weighted by Crippen LogP contribution is -2.60. The average Bonchev–Trinajstić information content (AvgIpc) is 2.76. The van der Waals surface area contributed by atoms with Gasteiger partial charge < -0.3 is 4.74 Å². The molecular formula is C23H25N4O3S+. The Bertz CT molecular complexity index is 1180. The molecule has 1 aliphatic heterocycles. The lowest BCUT2D eigenvalue weighted by molar-refractivity contribution is -0.763. The molecule has 0 aliphatic carbocycles. The molecule has 3 aromatic rings. The van der Waals surface area contributed by atoms with E-state index in [1.807, 2.05) is 62.4 Å². The number of nitrogens with one attached hydrogen (secondary N) is 1. The Hall–Kier alpha value is -3.13. The molecule has 0 bridgehead atoms. The number of aromatic amines is 1. The highest BCUT2D eigenvalue weighted by Gasteiger charge is 2.46. The van der Waals surface area contributed by atoms with E-state index >= 15 is 0 Å². The van der Waals surface area contributed by atoms with E-state index < -0.39 is 6.17 Å². The average molecular weight is 438 g/mol. The van der Waals surface area contributed by atoms with Gasteiger partial charge in [0.2, 0.25) is 11.1 Å². The summed E-state index contributed by atoms with van der Waals surface area (Å²) in [7, 11) is 0. The summed E-state index contributed by atoms with van der Waals surface area (Å²) in [6.45, 7) is 6.12. The maximum Gasteiger partial charge on any atom is 0.325 e. The topological polar surface area (TPSA) is 79.2 Å². The summed E-state index contributed by atoms with van der Waals surface area (Å²) < 4.78 is 7.67. The summed E-state index contributed by atoms with van der Waals surface area (Å²) in [4.78, 5) is 30.7. The monoisotopic (exact) mass is 437 g/mol. The van der Waals surface area contributed by atoms with Crippen LogP contribution >= 0.6 is 11.8 Å². The number of hydrogen-bond donors (Lipinski definition) is 1. The lowest BCUT2D eigenvalue weighted by atomic mass is 10.0. The van der Waals surface area contributed by atoms with Crippen LogP contribution in [0.1, 0.15) is 38.9 Å². The van der Waals surface area contributed by atoms with Crippen molar-refractivity contribution in [2.75, 3.05) is 17.3 Å². The van der Waals surface area contributed by atoms with Crippen molar-refractivity contribution in [3.8, 4) is 17.0 Å². The van der Waals surface area contributed by atoms with Crippen LogP contribution in [0.4, 0.5) is 5.69 Å². The zero-order valence-electron chi connectivity index (χ0n) is 17.8. The maximum absolute atomic E-state index is 13.2. The van der Waals surface area contributed by atoms with E-state index in [0.29, 0.717) is 34.5 Å². The molecule has 7 nitrogen and oxygen atoms in total. The fraction of sp³-hybridized carbons (Fsp3) is 0.304. The van der Waals surface area contributed by atoms with Crippen molar-refractivity contribution in [1.82, 2.24) is 10.1 Å². The standard InChI is InChI=1S/C23H24N4O3S/c1-4-14-30-19-13-9-7-11-17(19)22-26(15(3)28)18-12-8-6-10-16(18)20-21(29)24-23(31-5-2)25-27(20)22/h6-13,22H,4-5,14H2,1-3H3/p+1. The number of carbonyl (C=O) groups is 1. The SMILES string of the molecule is CCCOc1ccccc1C1N(C(C)=O)c2ccccc2-c2c(=O)[nH]c(SCC)n[n+]21. The fourth-order valence-electron chi connectivity index (χ4n) is 3.83. The maximum atomic E-state index is 13.2. The van der Waals surface area contributed by atoms with Gasteiger partial charge in [-0.25, -0.2) is 4.90 Å². The third-order valence-corrected chi connectivity index (χ3v) is 5.78. The van der Waals surface area contributed by atoms with E-state index in [1.165, 1.54) is 18.7 Å². The highest BCUT2D eigenvalue weighted by atomic mass is 32.2. The zero-order chi connectivity index (χ0) is 22.0. The number of para-hydroxylation sites is 2. The van der Waals surface area contributed by atoms with E-state index in [2.05, 4.69) is 4.98 Å². The van der Waals surface area contributed by atoms with E-state index in [4.69, 9.17) is 9.84 Å². The van der Waals surface area contributed by atoms with E-state index in [0.717, 1.165) is 17.7 Å². The van der Waals surface area contributed by atoms with Gasteiger partial charge in [0.15, 0.2) is 0 Å². The van der Waals surface area contributed by atoms with Gasteiger partial charge in [0.1, 0.15) is 5.75 Å². The molecule has 0 saturated carbocycles. The number of rotatable bonds is 6. The summed E-state index contributed by atoms with van der Waals surface area (Å²) >= 11 is 1.45. The first kappa shape index (κ1) is 21.1. The van der Waals surface area contributed by atoms with Crippen LogP contribution in [0, 0.1) is 0 Å². The summed E-state index contributed by atoms with van der Waals surface area (Å²) in [5, 5.41) is 5.26. The number of thioether (sulfide) groups is 1. The minimum absolute atomic E-state index is 0.146. The Morgan fingerprint density at radius 3 is 2.68 bits per heavy atom. The van der Waals surface area contributed by atoms with Crippen molar-refractivity contribution in [2.24, 2.45) is 0 Å². The van der Waals surface area contributed by atoms with E-state index in [1.54, 1.807) is 9.58 Å². The highest BCUT2D eigenvalue weighted by molar-refractivity contribution is 7.99. The van der Waals surface area contributed by atoms with Crippen LogP contribution in [0.2, 0.25) is 0 Å². The quantitative estimate of drug-likeness (QED) is 0.471. The normalized spacial score (nSPS) is 14.7. The van der Waals surface area contributed by atoms with Crippen LogP contribution in [0.5, 0.6) is 5.75 Å². The molecule has 0 fully saturated rings. The van der Waals surface area contributed by atoms with Crippen LogP contribution in [0.15, 0.2) is 58.5 Å². The molecular weight excluding hydrogens is 412 g/mol. The molecule has 0 spiro atoms. The number of nitrogens with zero attached hydrogens (tertiary/aromatic N) is 3. The molecule has 2 heterocycles. The molecule has 31 heavy (non-hydrogen) atoms. The van der Waals surface area contributed by atoms with Crippen molar-refractivity contribution < 1.29 is 14.2 Å². The van der Waals surface area contributed by atoms with Crippen molar-refractivity contribution >= 4 is 23.4 Å². The third kappa shape index (κ3) is 3.83. The summed E-state index contributed by atoms with van der Waals surface area (Å²) in [5.41, 5.74) is 2.30. The number of ether oxygens (including phenoxy) is 1. The second kappa shape index (κ2) is 8.93. The van der Waals surface area contributed by atoms with E-state index in [9.17, 15) is 9.59 Å². The summed E-state index contributed by atoms with van der Waals surface area (Å²) in [5.74, 6) is 1.29. The second-order valence-electron chi connectivity index (χ2n) is 7.15. The number of carbonyl (C=O) groups excluding carboxylic acids is 1. The second-order valence-corrected chi connectivity index (χ2v) is 8.40. The fourth-order valence-corrected chi connectivity index (χ4v) is 4.42. The van der Waals surface area contributed by atoms with Gasteiger partial charge in [0, 0.05) is 12.0 Å². The van der Waals surface area contributed by atoms with Crippen molar-refractivity contribution in [2.45, 2.75) is 38.5 Å². The Morgan fingerprint density at radius 1 is 1.19 bits per heavy atom. The first-order valence-electron chi connectivity index (χ1n) is 10.4. The summed E-state index contributed by atoms with van der Waals surface area (Å²) in [6.07, 6.45) is 0.214. The minimum Gasteiger partial charge on any atom is -0.493 e. The van der Waals surface area contributed by atoms with Crippen LogP contribution in [-0.2, 0) is 4.79 Å². The summed E-state index contributed by atoms with van der Waals surface area (Å²) in [6, 6.07) is 15.0. The molecule has 8 heteroatoms. The third-order valence-electron chi connectivity index (χ3n) is 5.04. The predicted molar refractivity (Wildman–Crippen MR) is 120 cm³/mol. The molecule has 1 aliphatic rings. The Morgan fingerprint density at radius 2 is 1.94 bits per heavy atom. The van der Waals surface area contributed by atoms with Gasteiger partial charge in [0.05, 0.1) is 23.4 Å². The van der Waals surface area contributed by atoms with Gasteiger partial charge in [-0.3, -0.25) is 14.6 Å². The Kier molecular flexibility index (Phi) is 6.08. The number of anilines is 1. The molecule has 1 amide bonds. The van der Waals surface area contributed by atoms with Gasteiger partial charge in [-0.2, -0.15) is 0 Å². The van der Waals surface area contributed by atoms with Crippen molar-refractivity contribution in [1.29, 1.82) is 0 Å². The van der Waals surface area contributed by atoms with Gasteiger partial charge in [-0.15, -0.1) is 0 Å². The molecule has 1 unspecified atom stereocenters. The first-order valence-corrected chi connectivity index (χ1v) is 11.3. The van der Waals surface area contributed by atoms with Crippen molar-refractivity contribution in [3.05, 3.63) is 64.4 Å². The Labute approximate surface area is 185 Å². The number of fused-ring (bicyclic) bond motifs is 3. The van der Waals surface area contributed by atoms with Crippen LogP contribution in [0.3, 0.4) is 0 Å². The number of amides is 1. The molecule has 1 N–H and O–H groups in total. The number of benzene rings is 2. The molecule has 1 aromatic heterocycles. The number of aromatic nitrogens is 3. The molecule has 4 rings (SSSR count). The molecule has 2 aromatic carbocycles. The smallest absolute Gasteiger partial charge is 0.325 e.